The Labute approximate surface area is 184 Å². The van der Waals surface area contributed by atoms with Crippen molar-refractivity contribution in [1.29, 1.82) is 0 Å². The molecule has 7 heteroatoms. The van der Waals surface area contributed by atoms with Gasteiger partial charge in [0.15, 0.2) is 0 Å². The summed E-state index contributed by atoms with van der Waals surface area (Å²) in [6, 6.07) is 20.4. The van der Waals surface area contributed by atoms with Crippen molar-refractivity contribution in [2.45, 2.75) is 18.6 Å². The standard InChI is InChI=1S/C25H22N6O/c26-24-23-22(30-25(31(23)11-10-27-24)21-13-18(32)14-28-21)17-7-6-16-8-9-19(29-20(16)12-17)15-4-2-1-3-5-15/h1-12,18,21,28,32H,13-14H2,(H2,26,27). The number of aromatic nitrogens is 4. The third-order valence-corrected chi connectivity index (χ3v) is 6.06. The van der Waals surface area contributed by atoms with Crippen molar-refractivity contribution in [3.8, 4) is 22.5 Å². The van der Waals surface area contributed by atoms with Crippen LogP contribution in [0.15, 0.2) is 73.1 Å². The molecule has 158 valence electrons. The molecule has 0 spiro atoms. The lowest BCUT2D eigenvalue weighted by atomic mass is 10.1. The van der Waals surface area contributed by atoms with Crippen LogP contribution in [-0.2, 0) is 0 Å². The zero-order valence-corrected chi connectivity index (χ0v) is 17.3. The van der Waals surface area contributed by atoms with E-state index in [1.165, 1.54) is 0 Å². The molecule has 1 aliphatic rings. The number of pyridine rings is 1. The molecule has 2 aromatic carbocycles. The van der Waals surface area contributed by atoms with E-state index >= 15 is 0 Å². The van der Waals surface area contributed by atoms with E-state index in [1.54, 1.807) is 6.20 Å². The van der Waals surface area contributed by atoms with Gasteiger partial charge in [0.25, 0.3) is 0 Å². The minimum atomic E-state index is -0.378. The van der Waals surface area contributed by atoms with Crippen LogP contribution in [0.5, 0.6) is 0 Å². The molecule has 0 bridgehead atoms. The number of fused-ring (bicyclic) bond motifs is 2. The highest BCUT2D eigenvalue weighted by Crippen LogP contribution is 2.34. The van der Waals surface area contributed by atoms with Crippen molar-refractivity contribution in [2.24, 2.45) is 0 Å². The second kappa shape index (κ2) is 7.40. The van der Waals surface area contributed by atoms with Crippen LogP contribution in [0.25, 0.3) is 38.9 Å². The quantitative estimate of drug-likeness (QED) is 0.411. The van der Waals surface area contributed by atoms with Crippen molar-refractivity contribution in [1.82, 2.24) is 24.7 Å². The first-order chi connectivity index (χ1) is 15.7. The van der Waals surface area contributed by atoms with Crippen LogP contribution >= 0.6 is 0 Å². The van der Waals surface area contributed by atoms with Crippen molar-refractivity contribution in [3.05, 3.63) is 78.9 Å². The van der Waals surface area contributed by atoms with Crippen LogP contribution in [0.4, 0.5) is 5.82 Å². The van der Waals surface area contributed by atoms with Gasteiger partial charge >= 0.3 is 0 Å². The molecular weight excluding hydrogens is 400 g/mol. The summed E-state index contributed by atoms with van der Waals surface area (Å²) in [5.74, 6) is 1.25. The fourth-order valence-electron chi connectivity index (χ4n) is 4.48. The summed E-state index contributed by atoms with van der Waals surface area (Å²) < 4.78 is 1.98. The summed E-state index contributed by atoms with van der Waals surface area (Å²) in [6.07, 6.45) is 3.78. The van der Waals surface area contributed by atoms with Gasteiger partial charge in [0.2, 0.25) is 0 Å². The van der Waals surface area contributed by atoms with E-state index in [0.717, 1.165) is 44.8 Å². The zero-order chi connectivity index (χ0) is 21.7. The molecule has 7 nitrogen and oxygen atoms in total. The number of anilines is 1. The Hall–Kier alpha value is -3.81. The fraction of sp³-hybridized carbons (Fsp3) is 0.160. The SMILES string of the molecule is Nc1nccn2c(C3CC(O)CN3)nc(-c3ccc4ccc(-c5ccccc5)nc4c3)c12. The molecule has 2 atom stereocenters. The molecule has 6 rings (SSSR count). The number of β-amino-alcohol motifs (C(OH)–C–C–N with tert-alkyl or cyclic N) is 1. The smallest absolute Gasteiger partial charge is 0.150 e. The van der Waals surface area contributed by atoms with Gasteiger partial charge in [0.05, 0.1) is 23.4 Å². The highest BCUT2D eigenvalue weighted by Gasteiger charge is 2.29. The van der Waals surface area contributed by atoms with E-state index in [4.69, 9.17) is 15.7 Å². The number of nitrogens with two attached hydrogens (primary N) is 1. The maximum Gasteiger partial charge on any atom is 0.150 e. The van der Waals surface area contributed by atoms with Gasteiger partial charge in [-0.15, -0.1) is 0 Å². The Morgan fingerprint density at radius 2 is 1.84 bits per heavy atom. The minimum absolute atomic E-state index is 0.0451. The highest BCUT2D eigenvalue weighted by atomic mass is 16.3. The van der Waals surface area contributed by atoms with E-state index in [2.05, 4.69) is 40.6 Å². The number of nitrogens with one attached hydrogen (secondary N) is 1. The lowest BCUT2D eigenvalue weighted by Gasteiger charge is -2.08. The molecule has 32 heavy (non-hydrogen) atoms. The largest absolute Gasteiger partial charge is 0.392 e. The normalized spacial score (nSPS) is 18.5. The van der Waals surface area contributed by atoms with Crippen molar-refractivity contribution in [2.75, 3.05) is 12.3 Å². The van der Waals surface area contributed by atoms with Crippen LogP contribution in [0, 0.1) is 0 Å². The second-order valence-electron chi connectivity index (χ2n) is 8.17. The van der Waals surface area contributed by atoms with E-state index in [1.807, 2.05) is 40.9 Å². The van der Waals surface area contributed by atoms with Gasteiger partial charge in [-0.3, -0.25) is 4.40 Å². The fourth-order valence-corrected chi connectivity index (χ4v) is 4.48. The number of imidazole rings is 1. The molecule has 1 fully saturated rings. The Bertz CT molecular complexity index is 1450. The number of aliphatic hydroxyl groups excluding tert-OH is 1. The summed E-state index contributed by atoms with van der Waals surface area (Å²) in [4.78, 5) is 14.2. The molecule has 1 aliphatic heterocycles. The zero-order valence-electron chi connectivity index (χ0n) is 17.3. The summed E-state index contributed by atoms with van der Waals surface area (Å²) >= 11 is 0. The Balaban J connectivity index is 1.51. The molecule has 3 aromatic heterocycles. The lowest BCUT2D eigenvalue weighted by molar-refractivity contribution is 0.193. The Kier molecular flexibility index (Phi) is 4.38. The molecule has 0 radical (unpaired) electrons. The van der Waals surface area contributed by atoms with Gasteiger partial charge in [-0.25, -0.2) is 15.0 Å². The molecule has 5 aromatic rings. The topological polar surface area (TPSA) is 101 Å². The van der Waals surface area contributed by atoms with E-state index in [9.17, 15) is 5.11 Å². The van der Waals surface area contributed by atoms with Gasteiger partial charge in [0.1, 0.15) is 22.9 Å². The van der Waals surface area contributed by atoms with Gasteiger partial charge < -0.3 is 16.2 Å². The number of benzene rings is 2. The predicted molar refractivity (Wildman–Crippen MR) is 125 cm³/mol. The summed E-state index contributed by atoms with van der Waals surface area (Å²) in [5, 5.41) is 14.4. The Morgan fingerprint density at radius 1 is 1.00 bits per heavy atom. The number of nitrogens with zero attached hydrogens (tertiary/aromatic N) is 4. The average Bonchev–Trinajstić information content (AvgIpc) is 3.43. The number of aliphatic hydroxyl groups is 1. The number of hydrogen-bond acceptors (Lipinski definition) is 6. The Morgan fingerprint density at radius 3 is 2.66 bits per heavy atom. The second-order valence-corrected chi connectivity index (χ2v) is 8.17. The van der Waals surface area contributed by atoms with E-state index in [-0.39, 0.29) is 12.1 Å². The molecule has 0 saturated carbocycles. The van der Waals surface area contributed by atoms with Crippen LogP contribution in [0.2, 0.25) is 0 Å². The molecule has 0 aliphatic carbocycles. The summed E-state index contributed by atoms with van der Waals surface area (Å²) in [7, 11) is 0. The van der Waals surface area contributed by atoms with Crippen LogP contribution in [0.1, 0.15) is 18.3 Å². The van der Waals surface area contributed by atoms with Crippen LogP contribution in [-0.4, -0.2) is 37.1 Å². The van der Waals surface area contributed by atoms with Crippen molar-refractivity contribution >= 4 is 22.2 Å². The average molecular weight is 422 g/mol. The van der Waals surface area contributed by atoms with Crippen molar-refractivity contribution < 1.29 is 5.11 Å². The summed E-state index contributed by atoms with van der Waals surface area (Å²) in [5.41, 5.74) is 11.6. The molecule has 0 amide bonds. The first-order valence-corrected chi connectivity index (χ1v) is 10.7. The van der Waals surface area contributed by atoms with Gasteiger partial charge in [0, 0.05) is 35.5 Å². The molecule has 2 unspecified atom stereocenters. The van der Waals surface area contributed by atoms with Gasteiger partial charge in [-0.05, 0) is 18.6 Å². The van der Waals surface area contributed by atoms with Crippen LogP contribution in [0.3, 0.4) is 0 Å². The van der Waals surface area contributed by atoms with Crippen LogP contribution < -0.4 is 11.1 Å². The molecule has 4 N–H and O–H groups in total. The van der Waals surface area contributed by atoms with E-state index < -0.39 is 0 Å². The number of rotatable bonds is 3. The predicted octanol–water partition coefficient (Wildman–Crippen LogP) is 3.59. The third kappa shape index (κ3) is 3.10. The van der Waals surface area contributed by atoms with Gasteiger partial charge in [-0.2, -0.15) is 0 Å². The minimum Gasteiger partial charge on any atom is -0.392 e. The van der Waals surface area contributed by atoms with Crippen molar-refractivity contribution in [3.63, 3.8) is 0 Å². The number of hydrogen-bond donors (Lipinski definition) is 3. The molecular formula is C25H22N6O. The number of nitrogen functional groups attached to an aromatic ring is 1. The lowest BCUT2D eigenvalue weighted by Crippen LogP contribution is -2.17. The molecule has 1 saturated heterocycles. The van der Waals surface area contributed by atoms with E-state index in [0.29, 0.717) is 18.8 Å². The monoisotopic (exact) mass is 422 g/mol. The summed E-state index contributed by atoms with van der Waals surface area (Å²) in [6.45, 7) is 0.553. The maximum absolute atomic E-state index is 10.0. The highest BCUT2D eigenvalue weighted by molar-refractivity contribution is 5.91. The molecule has 4 heterocycles. The van der Waals surface area contributed by atoms with Gasteiger partial charge in [-0.1, -0.05) is 48.5 Å². The third-order valence-electron chi connectivity index (χ3n) is 6.06. The maximum atomic E-state index is 10.0. The first kappa shape index (κ1) is 18.9. The first-order valence-electron chi connectivity index (χ1n) is 10.7.